The van der Waals surface area contributed by atoms with Crippen molar-refractivity contribution in [1.82, 2.24) is 0 Å². The van der Waals surface area contributed by atoms with E-state index in [0.717, 1.165) is 5.92 Å². The third kappa shape index (κ3) is 29.9. The maximum atomic E-state index is 2.36. The Hall–Kier alpha value is -0.780. The summed E-state index contributed by atoms with van der Waals surface area (Å²) in [4.78, 5) is 0. The number of rotatable bonds is 36. The first kappa shape index (κ1) is 41.2. The molecule has 0 aliphatic carbocycles. The van der Waals surface area contributed by atoms with Crippen molar-refractivity contribution in [3.63, 3.8) is 0 Å². The highest BCUT2D eigenvalue weighted by molar-refractivity contribution is 5.15. The lowest BCUT2D eigenvalue weighted by atomic mass is 9.88. The van der Waals surface area contributed by atoms with Crippen molar-refractivity contribution in [2.45, 2.75) is 239 Å². The zero-order chi connectivity index (χ0) is 31.4. The molecule has 0 amide bonds. The Bertz CT molecular complexity index is 597. The summed E-state index contributed by atoms with van der Waals surface area (Å²) in [7, 11) is 0. The SMILES string of the molecule is CCCCCCCCCCCCCCCCCCC(CCCCCCCCCCCCCCCCCC)Cc1ccccc1. The van der Waals surface area contributed by atoms with Crippen LogP contribution in [0.5, 0.6) is 0 Å². The second kappa shape index (κ2) is 35.1. The first-order chi connectivity index (χ1) is 21.9. The number of hydrogen-bond acceptors (Lipinski definition) is 0. The van der Waals surface area contributed by atoms with Gasteiger partial charge in [-0.3, -0.25) is 0 Å². The molecule has 0 N–H and O–H groups in total. The van der Waals surface area contributed by atoms with Gasteiger partial charge in [-0.05, 0) is 17.9 Å². The molecule has 0 fully saturated rings. The molecule has 0 nitrogen and oxygen atoms in total. The molecule has 0 saturated heterocycles. The van der Waals surface area contributed by atoms with Crippen LogP contribution in [0.15, 0.2) is 30.3 Å². The van der Waals surface area contributed by atoms with Gasteiger partial charge in [0.05, 0.1) is 0 Å². The van der Waals surface area contributed by atoms with Gasteiger partial charge in [0.25, 0.3) is 0 Å². The summed E-state index contributed by atoms with van der Waals surface area (Å²) >= 11 is 0. The van der Waals surface area contributed by atoms with Crippen LogP contribution in [0.1, 0.15) is 238 Å². The summed E-state index contributed by atoms with van der Waals surface area (Å²) in [6.07, 6.45) is 51.1. The Morgan fingerprint density at radius 3 is 0.841 bits per heavy atom. The maximum Gasteiger partial charge on any atom is -0.0250 e. The van der Waals surface area contributed by atoms with E-state index in [4.69, 9.17) is 0 Å². The Labute approximate surface area is 279 Å². The van der Waals surface area contributed by atoms with Crippen molar-refractivity contribution >= 4 is 0 Å². The molecule has 1 rings (SSSR count). The molecule has 0 aliphatic rings. The lowest BCUT2D eigenvalue weighted by Crippen LogP contribution is -2.05. The predicted octanol–water partition coefficient (Wildman–Crippen LogP) is 16.1. The van der Waals surface area contributed by atoms with E-state index in [1.807, 2.05) is 0 Å². The van der Waals surface area contributed by atoms with Gasteiger partial charge < -0.3 is 0 Å². The van der Waals surface area contributed by atoms with Crippen LogP contribution in [0.3, 0.4) is 0 Å². The normalized spacial score (nSPS) is 11.6. The second-order valence-electron chi connectivity index (χ2n) is 14.7. The minimum Gasteiger partial charge on any atom is -0.0654 e. The molecule has 1 aromatic rings. The maximum absolute atomic E-state index is 2.36. The molecular weight excluding hydrogens is 528 g/mol. The van der Waals surface area contributed by atoms with Gasteiger partial charge in [0.15, 0.2) is 0 Å². The van der Waals surface area contributed by atoms with E-state index in [0.29, 0.717) is 0 Å². The van der Waals surface area contributed by atoms with E-state index in [2.05, 4.69) is 44.2 Å². The molecule has 44 heavy (non-hydrogen) atoms. The third-order valence-electron chi connectivity index (χ3n) is 10.3. The highest BCUT2D eigenvalue weighted by Crippen LogP contribution is 2.24. The van der Waals surface area contributed by atoms with Gasteiger partial charge in [0.1, 0.15) is 0 Å². The number of unbranched alkanes of at least 4 members (excludes halogenated alkanes) is 30. The zero-order valence-corrected chi connectivity index (χ0v) is 30.7. The van der Waals surface area contributed by atoms with Crippen LogP contribution in [0, 0.1) is 5.92 Å². The zero-order valence-electron chi connectivity index (χ0n) is 30.7. The van der Waals surface area contributed by atoms with Gasteiger partial charge >= 0.3 is 0 Å². The van der Waals surface area contributed by atoms with Gasteiger partial charge in [-0.1, -0.05) is 262 Å². The molecule has 0 atom stereocenters. The lowest BCUT2D eigenvalue weighted by molar-refractivity contribution is 0.399. The molecule has 0 saturated carbocycles. The van der Waals surface area contributed by atoms with Crippen LogP contribution in [-0.2, 0) is 6.42 Å². The van der Waals surface area contributed by atoms with Crippen molar-refractivity contribution in [3.8, 4) is 0 Å². The number of hydrogen-bond donors (Lipinski definition) is 0. The minimum atomic E-state index is 0.899. The smallest absolute Gasteiger partial charge is 0.0250 e. The van der Waals surface area contributed by atoms with Crippen LogP contribution in [-0.4, -0.2) is 0 Å². The predicted molar refractivity (Wildman–Crippen MR) is 202 cm³/mol. The Morgan fingerprint density at radius 2 is 0.568 bits per heavy atom. The lowest BCUT2D eigenvalue weighted by Gasteiger charge is -2.17. The fourth-order valence-corrected chi connectivity index (χ4v) is 7.26. The Kier molecular flexibility index (Phi) is 32.9. The summed E-state index contributed by atoms with van der Waals surface area (Å²) < 4.78 is 0. The summed E-state index contributed by atoms with van der Waals surface area (Å²) in [5.41, 5.74) is 1.56. The third-order valence-corrected chi connectivity index (χ3v) is 10.3. The average Bonchev–Trinajstić information content (AvgIpc) is 3.04. The van der Waals surface area contributed by atoms with Gasteiger partial charge in [0.2, 0.25) is 0 Å². The van der Waals surface area contributed by atoms with Gasteiger partial charge in [-0.25, -0.2) is 0 Å². The van der Waals surface area contributed by atoms with E-state index in [-0.39, 0.29) is 0 Å². The monoisotopic (exact) mass is 611 g/mol. The molecule has 0 unspecified atom stereocenters. The van der Waals surface area contributed by atoms with E-state index in [1.54, 1.807) is 5.56 Å². The topological polar surface area (TPSA) is 0 Å². The minimum absolute atomic E-state index is 0.899. The van der Waals surface area contributed by atoms with Crippen LogP contribution >= 0.6 is 0 Å². The van der Waals surface area contributed by atoms with Crippen molar-refractivity contribution in [2.75, 3.05) is 0 Å². The van der Waals surface area contributed by atoms with Crippen molar-refractivity contribution in [1.29, 1.82) is 0 Å². The molecule has 0 aliphatic heterocycles. The summed E-state index contributed by atoms with van der Waals surface area (Å²) in [5, 5.41) is 0. The van der Waals surface area contributed by atoms with Crippen molar-refractivity contribution in [2.24, 2.45) is 5.92 Å². The van der Waals surface area contributed by atoms with E-state index in [9.17, 15) is 0 Å². The fourth-order valence-electron chi connectivity index (χ4n) is 7.26. The van der Waals surface area contributed by atoms with E-state index in [1.165, 1.54) is 225 Å². The standard InChI is InChI=1S/C44H82/c1-3-5-7-9-11-13-15-17-19-21-23-25-27-29-31-34-38-43(42-44-40-36-33-37-41-44)39-35-32-30-28-26-24-22-20-18-16-14-12-10-8-6-4-2/h33,36-37,40-41,43H,3-32,34-35,38-39,42H2,1-2H3. The molecule has 0 heteroatoms. The van der Waals surface area contributed by atoms with Crippen molar-refractivity contribution < 1.29 is 0 Å². The van der Waals surface area contributed by atoms with Crippen LogP contribution in [0.4, 0.5) is 0 Å². The molecule has 0 radical (unpaired) electrons. The molecule has 258 valence electrons. The van der Waals surface area contributed by atoms with Gasteiger partial charge in [-0.15, -0.1) is 0 Å². The van der Waals surface area contributed by atoms with Gasteiger partial charge in [0, 0.05) is 0 Å². The van der Waals surface area contributed by atoms with Gasteiger partial charge in [-0.2, -0.15) is 0 Å². The fraction of sp³-hybridized carbons (Fsp3) is 0.864. The van der Waals surface area contributed by atoms with E-state index >= 15 is 0 Å². The first-order valence-electron chi connectivity index (χ1n) is 20.9. The summed E-state index contributed by atoms with van der Waals surface area (Å²) in [5.74, 6) is 0.899. The Balaban J connectivity index is 1.98. The number of benzene rings is 1. The molecule has 1 aromatic carbocycles. The average molecular weight is 611 g/mol. The first-order valence-corrected chi connectivity index (χ1v) is 20.9. The molecule has 0 aromatic heterocycles. The van der Waals surface area contributed by atoms with Crippen LogP contribution in [0.25, 0.3) is 0 Å². The van der Waals surface area contributed by atoms with Crippen LogP contribution < -0.4 is 0 Å². The highest BCUT2D eigenvalue weighted by Gasteiger charge is 2.10. The highest BCUT2D eigenvalue weighted by atomic mass is 14.2. The quantitative estimate of drug-likeness (QED) is 0.0663. The molecular formula is C44H82. The largest absolute Gasteiger partial charge is 0.0654 e. The Morgan fingerprint density at radius 1 is 0.318 bits per heavy atom. The molecule has 0 spiro atoms. The summed E-state index contributed by atoms with van der Waals surface area (Å²) in [6, 6.07) is 11.3. The van der Waals surface area contributed by atoms with Crippen molar-refractivity contribution in [3.05, 3.63) is 35.9 Å². The van der Waals surface area contributed by atoms with Crippen LogP contribution in [0.2, 0.25) is 0 Å². The summed E-state index contributed by atoms with van der Waals surface area (Å²) in [6.45, 7) is 4.62. The molecule has 0 heterocycles. The second-order valence-corrected chi connectivity index (χ2v) is 14.7. The molecule has 0 bridgehead atoms. The van der Waals surface area contributed by atoms with E-state index < -0.39 is 0 Å².